The quantitative estimate of drug-likeness (QED) is 0.541. The maximum Gasteiger partial charge on any atom is 0.00671 e. The van der Waals surface area contributed by atoms with E-state index >= 15 is 0 Å². The second-order valence-corrected chi connectivity index (χ2v) is 8.01. The minimum Gasteiger partial charge on any atom is -0.327 e. The predicted octanol–water partition coefficient (Wildman–Crippen LogP) is 6.06. The lowest BCUT2D eigenvalue weighted by Gasteiger charge is -2.29. The molecule has 0 aromatic carbocycles. The third-order valence-corrected chi connectivity index (χ3v) is 6.37. The molecule has 0 saturated heterocycles. The molecular weight excluding hydrogens is 254 g/mol. The van der Waals surface area contributed by atoms with Gasteiger partial charge in [-0.2, -0.15) is 0 Å². The van der Waals surface area contributed by atoms with Crippen molar-refractivity contribution in [1.82, 2.24) is 0 Å². The molecule has 1 heteroatoms. The Labute approximate surface area is 133 Å². The Hall–Kier alpha value is -0.0400. The van der Waals surface area contributed by atoms with E-state index in [2.05, 4.69) is 6.92 Å². The fourth-order valence-corrected chi connectivity index (χ4v) is 4.82. The molecule has 0 aromatic heterocycles. The zero-order valence-corrected chi connectivity index (χ0v) is 14.5. The van der Waals surface area contributed by atoms with Gasteiger partial charge in [0.2, 0.25) is 0 Å². The minimum atomic E-state index is 0.517. The Morgan fingerprint density at radius 2 is 1.62 bits per heavy atom. The smallest absolute Gasteiger partial charge is 0.00671 e. The second kappa shape index (κ2) is 9.87. The van der Waals surface area contributed by atoms with Crippen LogP contribution in [0.1, 0.15) is 103 Å². The normalized spacial score (nSPS) is 29.4. The summed E-state index contributed by atoms with van der Waals surface area (Å²) in [7, 11) is 0. The summed E-state index contributed by atoms with van der Waals surface area (Å²) in [6.45, 7) is 2.41. The van der Waals surface area contributed by atoms with Crippen LogP contribution in [0.3, 0.4) is 0 Å². The van der Waals surface area contributed by atoms with Crippen LogP contribution in [0.2, 0.25) is 0 Å². The van der Waals surface area contributed by atoms with E-state index in [4.69, 9.17) is 5.73 Å². The monoisotopic (exact) mass is 293 g/mol. The van der Waals surface area contributed by atoms with Crippen LogP contribution in [0.15, 0.2) is 0 Å². The highest BCUT2D eigenvalue weighted by atomic mass is 14.7. The Balaban J connectivity index is 1.57. The Kier molecular flexibility index (Phi) is 8.14. The van der Waals surface area contributed by atoms with E-state index in [0.717, 1.165) is 17.8 Å². The molecule has 0 heterocycles. The molecule has 2 aliphatic carbocycles. The molecule has 2 N–H and O–H groups in total. The van der Waals surface area contributed by atoms with Crippen molar-refractivity contribution < 1.29 is 0 Å². The number of hydrogen-bond donors (Lipinski definition) is 1. The predicted molar refractivity (Wildman–Crippen MR) is 93.4 cm³/mol. The van der Waals surface area contributed by atoms with E-state index in [0.29, 0.717) is 6.04 Å². The number of unbranched alkanes of at least 4 members (excludes halogenated alkanes) is 1. The van der Waals surface area contributed by atoms with Crippen molar-refractivity contribution in [3.8, 4) is 0 Å². The number of rotatable bonds is 8. The van der Waals surface area contributed by atoms with Crippen LogP contribution in [0.25, 0.3) is 0 Å². The highest BCUT2D eigenvalue weighted by molar-refractivity contribution is 4.78. The fourth-order valence-electron chi connectivity index (χ4n) is 4.82. The first-order valence-corrected chi connectivity index (χ1v) is 10.0. The highest BCUT2D eigenvalue weighted by Gasteiger charge is 2.21. The van der Waals surface area contributed by atoms with Crippen LogP contribution in [0, 0.1) is 17.8 Å². The first kappa shape index (κ1) is 17.3. The van der Waals surface area contributed by atoms with E-state index in [1.807, 2.05) is 0 Å². The molecule has 21 heavy (non-hydrogen) atoms. The van der Waals surface area contributed by atoms with Gasteiger partial charge in [0.05, 0.1) is 0 Å². The summed E-state index contributed by atoms with van der Waals surface area (Å²) in [6, 6.07) is 0.517. The van der Waals surface area contributed by atoms with Gasteiger partial charge < -0.3 is 5.73 Å². The van der Waals surface area contributed by atoms with Crippen molar-refractivity contribution in [3.63, 3.8) is 0 Å². The summed E-state index contributed by atoms with van der Waals surface area (Å²) in [4.78, 5) is 0. The average molecular weight is 294 g/mol. The largest absolute Gasteiger partial charge is 0.327 e. The molecule has 0 spiro atoms. The summed E-state index contributed by atoms with van der Waals surface area (Å²) in [5.74, 6) is 2.92. The maximum absolute atomic E-state index is 6.27. The van der Waals surface area contributed by atoms with Crippen LogP contribution in [-0.4, -0.2) is 6.04 Å². The summed E-state index contributed by atoms with van der Waals surface area (Å²) in [5.41, 5.74) is 6.27. The van der Waals surface area contributed by atoms with Gasteiger partial charge in [0.15, 0.2) is 0 Å². The van der Waals surface area contributed by atoms with Crippen LogP contribution in [0.4, 0.5) is 0 Å². The zero-order valence-electron chi connectivity index (χ0n) is 14.5. The molecule has 0 aromatic rings. The van der Waals surface area contributed by atoms with Gasteiger partial charge in [0, 0.05) is 6.04 Å². The second-order valence-electron chi connectivity index (χ2n) is 8.01. The van der Waals surface area contributed by atoms with Crippen LogP contribution >= 0.6 is 0 Å². The van der Waals surface area contributed by atoms with Gasteiger partial charge in [-0.15, -0.1) is 0 Å². The first-order chi connectivity index (χ1) is 10.3. The third kappa shape index (κ3) is 6.30. The van der Waals surface area contributed by atoms with Crippen molar-refractivity contribution in [1.29, 1.82) is 0 Å². The van der Waals surface area contributed by atoms with Crippen molar-refractivity contribution >= 4 is 0 Å². The molecule has 0 radical (unpaired) electrons. The SMILES string of the molecule is CCC(CCCCC1CCCCC1N)CC1CCCCC1. The van der Waals surface area contributed by atoms with E-state index in [-0.39, 0.29) is 0 Å². The van der Waals surface area contributed by atoms with Gasteiger partial charge in [-0.3, -0.25) is 0 Å². The molecule has 0 amide bonds. The molecule has 3 atom stereocenters. The van der Waals surface area contributed by atoms with Crippen LogP contribution in [-0.2, 0) is 0 Å². The molecule has 124 valence electrons. The molecular formula is C20H39N. The Bertz CT molecular complexity index is 257. The van der Waals surface area contributed by atoms with Crippen molar-refractivity contribution in [2.75, 3.05) is 0 Å². The van der Waals surface area contributed by atoms with Gasteiger partial charge in [0.25, 0.3) is 0 Å². The van der Waals surface area contributed by atoms with Crippen molar-refractivity contribution in [3.05, 3.63) is 0 Å². The lowest BCUT2D eigenvalue weighted by molar-refractivity contribution is 0.259. The summed E-state index contributed by atoms with van der Waals surface area (Å²) in [6.07, 6.45) is 21.7. The molecule has 2 aliphatic rings. The lowest BCUT2D eigenvalue weighted by atomic mass is 9.79. The highest BCUT2D eigenvalue weighted by Crippen LogP contribution is 2.33. The van der Waals surface area contributed by atoms with Crippen LogP contribution < -0.4 is 5.73 Å². The topological polar surface area (TPSA) is 26.0 Å². The Morgan fingerprint density at radius 1 is 0.905 bits per heavy atom. The number of nitrogens with two attached hydrogens (primary N) is 1. The first-order valence-electron chi connectivity index (χ1n) is 10.0. The summed E-state index contributed by atoms with van der Waals surface area (Å²) >= 11 is 0. The van der Waals surface area contributed by atoms with E-state index in [1.165, 1.54) is 96.3 Å². The minimum absolute atomic E-state index is 0.517. The van der Waals surface area contributed by atoms with E-state index in [1.54, 1.807) is 0 Å². The third-order valence-electron chi connectivity index (χ3n) is 6.37. The van der Waals surface area contributed by atoms with Gasteiger partial charge in [-0.05, 0) is 43.4 Å². The molecule has 0 aliphatic heterocycles. The molecule has 2 saturated carbocycles. The van der Waals surface area contributed by atoms with Crippen molar-refractivity contribution in [2.24, 2.45) is 23.5 Å². The molecule has 1 nitrogen and oxygen atoms in total. The van der Waals surface area contributed by atoms with Crippen molar-refractivity contribution in [2.45, 2.75) is 109 Å². The molecule has 2 fully saturated rings. The molecule has 3 unspecified atom stereocenters. The summed E-state index contributed by atoms with van der Waals surface area (Å²) < 4.78 is 0. The van der Waals surface area contributed by atoms with Gasteiger partial charge >= 0.3 is 0 Å². The zero-order chi connectivity index (χ0) is 14.9. The number of hydrogen-bond acceptors (Lipinski definition) is 1. The van der Waals surface area contributed by atoms with Gasteiger partial charge in [-0.1, -0.05) is 77.6 Å². The van der Waals surface area contributed by atoms with E-state index in [9.17, 15) is 0 Å². The molecule has 0 bridgehead atoms. The fraction of sp³-hybridized carbons (Fsp3) is 1.00. The summed E-state index contributed by atoms with van der Waals surface area (Å²) in [5, 5.41) is 0. The maximum atomic E-state index is 6.27. The standard InChI is InChI=1S/C20H39N/c1-2-17(16-18-11-4-3-5-12-18)10-6-7-13-19-14-8-9-15-20(19)21/h17-20H,2-16,21H2,1H3. The van der Waals surface area contributed by atoms with Gasteiger partial charge in [-0.25, -0.2) is 0 Å². The Morgan fingerprint density at radius 3 is 2.33 bits per heavy atom. The lowest BCUT2D eigenvalue weighted by Crippen LogP contribution is -2.32. The van der Waals surface area contributed by atoms with E-state index < -0.39 is 0 Å². The van der Waals surface area contributed by atoms with Gasteiger partial charge in [0.1, 0.15) is 0 Å². The molecule has 2 rings (SSSR count). The van der Waals surface area contributed by atoms with Crippen LogP contribution in [0.5, 0.6) is 0 Å². The average Bonchev–Trinajstić information content (AvgIpc) is 2.53.